The molecule has 0 aromatic rings. The summed E-state index contributed by atoms with van der Waals surface area (Å²) >= 11 is 0. The first-order chi connectivity index (χ1) is 10.5. The average molecular weight is 416 g/mol. The van der Waals surface area contributed by atoms with Crippen molar-refractivity contribution in [1.82, 2.24) is 0 Å². The molecule has 0 amide bonds. The van der Waals surface area contributed by atoms with Gasteiger partial charge in [-0.15, -0.1) is 0 Å². The first kappa shape index (κ1) is 23.6. The monoisotopic (exact) mass is 416 g/mol. The van der Waals surface area contributed by atoms with Crippen LogP contribution in [0.1, 0.15) is 0 Å². The van der Waals surface area contributed by atoms with Crippen molar-refractivity contribution in [2.45, 2.75) is 24.4 Å². The maximum absolute atomic E-state index is 11.2. The Morgan fingerprint density at radius 1 is 0.708 bits per heavy atom. The third-order valence-corrected chi connectivity index (χ3v) is 4.00. The molecular formula is C9H20O12S3. The summed E-state index contributed by atoms with van der Waals surface area (Å²) in [6.07, 6.45) is -6.23. The van der Waals surface area contributed by atoms with Gasteiger partial charge in [0.15, 0.2) is 0 Å². The summed E-state index contributed by atoms with van der Waals surface area (Å²) in [5.74, 6) is 0. The van der Waals surface area contributed by atoms with E-state index in [0.29, 0.717) is 18.8 Å². The molecule has 0 aromatic carbocycles. The fraction of sp³-hybridized carbons (Fsp3) is 1.00. The van der Waals surface area contributed by atoms with E-state index in [1.165, 1.54) is 0 Å². The molecule has 24 heavy (non-hydrogen) atoms. The van der Waals surface area contributed by atoms with Crippen LogP contribution < -0.4 is 0 Å². The predicted molar refractivity (Wildman–Crippen MR) is 79.3 cm³/mol. The van der Waals surface area contributed by atoms with Crippen LogP contribution in [0.5, 0.6) is 0 Å². The van der Waals surface area contributed by atoms with E-state index >= 15 is 0 Å². The summed E-state index contributed by atoms with van der Waals surface area (Å²) in [5, 5.41) is 29.3. The predicted octanol–water partition coefficient (Wildman–Crippen LogP) is -3.63. The average Bonchev–Trinajstić information content (AvgIpc) is 2.36. The Kier molecular flexibility index (Phi) is 8.67. The van der Waals surface area contributed by atoms with Crippen molar-refractivity contribution in [1.29, 1.82) is 0 Å². The van der Waals surface area contributed by atoms with Gasteiger partial charge in [-0.3, -0.25) is 12.5 Å². The van der Waals surface area contributed by atoms with Gasteiger partial charge in [-0.25, -0.2) is 0 Å². The van der Waals surface area contributed by atoms with E-state index in [2.05, 4.69) is 12.5 Å². The van der Waals surface area contributed by atoms with Gasteiger partial charge < -0.3 is 15.3 Å². The van der Waals surface area contributed by atoms with Crippen LogP contribution in [0.15, 0.2) is 0 Å². The first-order valence-electron chi connectivity index (χ1n) is 6.13. The Hall–Kier alpha value is -0.390. The molecule has 15 heteroatoms. The van der Waals surface area contributed by atoms with Crippen molar-refractivity contribution < 1.29 is 53.1 Å². The lowest BCUT2D eigenvalue weighted by molar-refractivity contribution is -0.106. The second-order valence-corrected chi connectivity index (χ2v) is 9.76. The molecule has 0 aliphatic heterocycles. The van der Waals surface area contributed by atoms with E-state index < -0.39 is 68.0 Å². The summed E-state index contributed by atoms with van der Waals surface area (Å²) < 4.78 is 78.7. The highest BCUT2D eigenvalue weighted by molar-refractivity contribution is 7.86. The van der Waals surface area contributed by atoms with Gasteiger partial charge in [-0.05, 0) is 0 Å². The van der Waals surface area contributed by atoms with E-state index in [4.69, 9.17) is 0 Å². The van der Waals surface area contributed by atoms with Crippen LogP contribution >= 0.6 is 0 Å². The molecule has 0 aliphatic carbocycles. The second kappa shape index (κ2) is 8.81. The minimum atomic E-state index is -4.24. The fourth-order valence-corrected chi connectivity index (χ4v) is 2.77. The van der Waals surface area contributed by atoms with Crippen molar-refractivity contribution in [3.63, 3.8) is 0 Å². The topological polar surface area (TPSA) is 191 Å². The molecule has 0 fully saturated rings. The van der Waals surface area contributed by atoms with E-state index in [0.717, 1.165) is 0 Å². The van der Waals surface area contributed by atoms with Crippen LogP contribution in [-0.4, -0.2) is 97.0 Å². The molecule has 0 spiro atoms. The van der Waals surface area contributed by atoms with Gasteiger partial charge in [-0.1, -0.05) is 0 Å². The molecule has 12 nitrogen and oxygen atoms in total. The lowest BCUT2D eigenvalue weighted by atomic mass is 10.0. The van der Waals surface area contributed by atoms with Crippen molar-refractivity contribution in [3.05, 3.63) is 0 Å². The second-order valence-electron chi connectivity index (χ2n) is 4.87. The van der Waals surface area contributed by atoms with Crippen molar-refractivity contribution in [2.24, 2.45) is 0 Å². The lowest BCUT2D eigenvalue weighted by Gasteiger charge is -2.28. The molecule has 0 saturated carbocycles. The molecule has 0 unspecified atom stereocenters. The Morgan fingerprint density at radius 2 is 1.08 bits per heavy atom. The van der Waals surface area contributed by atoms with Gasteiger partial charge in [0.1, 0.15) is 24.4 Å². The number of aliphatic hydroxyl groups excluding tert-OH is 3. The minimum Gasteiger partial charge on any atom is -0.388 e. The van der Waals surface area contributed by atoms with Gasteiger partial charge in [0.2, 0.25) is 0 Å². The van der Waals surface area contributed by atoms with Crippen LogP contribution in [-0.2, 0) is 42.9 Å². The Bertz CT molecular complexity index is 694. The summed E-state index contributed by atoms with van der Waals surface area (Å²) in [6, 6.07) is 0. The molecule has 0 radical (unpaired) electrons. The highest BCUT2D eigenvalue weighted by atomic mass is 32.2. The number of aliphatic hydroxyl groups is 3. The summed E-state index contributed by atoms with van der Waals surface area (Å²) in [4.78, 5) is 0. The van der Waals surface area contributed by atoms with E-state index in [-0.39, 0.29) is 0 Å². The maximum Gasteiger partial charge on any atom is 0.264 e. The van der Waals surface area contributed by atoms with E-state index in [1.54, 1.807) is 0 Å². The zero-order valence-electron chi connectivity index (χ0n) is 13.0. The molecule has 0 bridgehead atoms. The van der Waals surface area contributed by atoms with Gasteiger partial charge in [0, 0.05) is 0 Å². The quantitative estimate of drug-likeness (QED) is 0.280. The summed E-state index contributed by atoms with van der Waals surface area (Å²) in [7, 11) is -12.2. The molecule has 4 atom stereocenters. The number of hydrogen-bond acceptors (Lipinski definition) is 12. The third-order valence-electron chi connectivity index (χ3n) is 2.30. The highest BCUT2D eigenvalue weighted by Gasteiger charge is 2.37. The number of hydrogen-bond donors (Lipinski definition) is 3. The zero-order chi connectivity index (χ0) is 19.3. The summed E-state index contributed by atoms with van der Waals surface area (Å²) in [6.45, 7) is -1.93. The van der Waals surface area contributed by atoms with Gasteiger partial charge in [-0.2, -0.15) is 25.3 Å². The van der Waals surface area contributed by atoms with Crippen LogP contribution in [0.3, 0.4) is 0 Å². The summed E-state index contributed by atoms with van der Waals surface area (Å²) in [5.41, 5.74) is 0. The SMILES string of the molecule is CS(=O)(=O)OC[C@@H](O)[C@@H](OS(C)(=O)=O)[C@H](O)[C@@H](O)COS(C)(=O)=O. The highest BCUT2D eigenvalue weighted by Crippen LogP contribution is 2.14. The van der Waals surface area contributed by atoms with Crippen molar-refractivity contribution in [3.8, 4) is 0 Å². The van der Waals surface area contributed by atoms with Crippen LogP contribution in [0.2, 0.25) is 0 Å². The number of rotatable bonds is 11. The van der Waals surface area contributed by atoms with Crippen LogP contribution in [0.25, 0.3) is 0 Å². The van der Waals surface area contributed by atoms with Crippen molar-refractivity contribution >= 4 is 30.4 Å². The minimum absolute atomic E-state index is 0.580. The fourth-order valence-electron chi connectivity index (χ4n) is 1.35. The molecule has 0 aromatic heterocycles. The molecule has 146 valence electrons. The Morgan fingerprint density at radius 3 is 1.42 bits per heavy atom. The van der Waals surface area contributed by atoms with Gasteiger partial charge in [0.25, 0.3) is 30.4 Å². The van der Waals surface area contributed by atoms with Gasteiger partial charge >= 0.3 is 0 Å². The smallest absolute Gasteiger partial charge is 0.264 e. The molecule has 3 N–H and O–H groups in total. The van der Waals surface area contributed by atoms with E-state index in [1.807, 2.05) is 0 Å². The molecule has 0 rings (SSSR count). The first-order valence-corrected chi connectivity index (χ1v) is 11.6. The maximum atomic E-state index is 11.2. The van der Waals surface area contributed by atoms with Gasteiger partial charge in [0.05, 0.1) is 32.0 Å². The van der Waals surface area contributed by atoms with Crippen LogP contribution in [0, 0.1) is 0 Å². The third kappa shape index (κ3) is 11.2. The Labute approximate surface area is 140 Å². The molecule has 0 saturated heterocycles. The zero-order valence-corrected chi connectivity index (χ0v) is 15.4. The molecular weight excluding hydrogens is 396 g/mol. The largest absolute Gasteiger partial charge is 0.388 e. The standard InChI is InChI=1S/C9H20O12S3/c1-22(13,14)19-4-6(10)8(12)9(21-24(3,17)18)7(11)5-20-23(2,15)16/h6-12H,4-5H2,1-3H3/t6-,7+,8+,9+/m0/s1. The van der Waals surface area contributed by atoms with E-state index in [9.17, 15) is 40.6 Å². The normalized spacial score (nSPS) is 18.8. The van der Waals surface area contributed by atoms with Crippen molar-refractivity contribution in [2.75, 3.05) is 32.0 Å². The molecule has 0 heterocycles. The lowest BCUT2D eigenvalue weighted by Crippen LogP contribution is -2.50. The van der Waals surface area contributed by atoms with Crippen LogP contribution in [0.4, 0.5) is 0 Å². The Balaban J connectivity index is 5.16. The molecule has 0 aliphatic rings.